The van der Waals surface area contributed by atoms with Gasteiger partial charge in [-0.25, -0.2) is 4.98 Å². The first-order valence-electron chi connectivity index (χ1n) is 12.7. The van der Waals surface area contributed by atoms with Crippen LogP contribution in [0.4, 0.5) is 11.4 Å². The fourth-order valence-electron chi connectivity index (χ4n) is 5.27. The smallest absolute Gasteiger partial charge is 0.275 e. The summed E-state index contributed by atoms with van der Waals surface area (Å²) >= 11 is 1.40. The Labute approximate surface area is 225 Å². The topological polar surface area (TPSA) is 109 Å². The second-order valence-electron chi connectivity index (χ2n) is 9.62. The Morgan fingerprint density at radius 1 is 1.11 bits per heavy atom. The summed E-state index contributed by atoms with van der Waals surface area (Å²) in [7, 11) is 0. The van der Waals surface area contributed by atoms with E-state index in [1.807, 2.05) is 55.5 Å². The van der Waals surface area contributed by atoms with E-state index in [4.69, 9.17) is 10.5 Å². The number of amides is 1. The highest BCUT2D eigenvalue weighted by molar-refractivity contribution is 7.13. The SMILES string of the molecule is Cc1c(Oc2ccccc2)ccc(NC(=O)c2csc(-c3ccnnc3)n2)c1N1CCN2CC[C@H](N)[C@H]2C1. The van der Waals surface area contributed by atoms with E-state index >= 15 is 0 Å². The number of hydrogen-bond acceptors (Lipinski definition) is 9. The predicted octanol–water partition coefficient (Wildman–Crippen LogP) is 4.17. The average Bonchev–Trinajstić information content (AvgIpc) is 3.59. The van der Waals surface area contributed by atoms with Gasteiger partial charge in [-0.3, -0.25) is 9.69 Å². The molecule has 9 nitrogen and oxygen atoms in total. The van der Waals surface area contributed by atoms with Crippen LogP contribution in [0.1, 0.15) is 22.5 Å². The first kappa shape index (κ1) is 24.5. The zero-order valence-electron chi connectivity index (χ0n) is 21.1. The summed E-state index contributed by atoms with van der Waals surface area (Å²) in [5.74, 6) is 1.26. The molecule has 2 aliphatic rings. The van der Waals surface area contributed by atoms with Gasteiger partial charge in [0.25, 0.3) is 5.91 Å². The number of carbonyl (C=O) groups is 1. The summed E-state index contributed by atoms with van der Waals surface area (Å²) in [4.78, 5) is 22.7. The normalized spacial score (nSPS) is 19.3. The minimum Gasteiger partial charge on any atom is -0.457 e. The van der Waals surface area contributed by atoms with Crippen LogP contribution in [0.15, 0.2) is 66.3 Å². The number of carbonyl (C=O) groups excluding carboxylic acids is 1. The number of rotatable bonds is 6. The molecule has 4 heterocycles. The van der Waals surface area contributed by atoms with Crippen molar-refractivity contribution in [3.05, 3.63) is 77.6 Å². The maximum absolute atomic E-state index is 13.3. The van der Waals surface area contributed by atoms with Crippen molar-refractivity contribution in [1.82, 2.24) is 20.1 Å². The molecule has 4 aromatic rings. The second kappa shape index (κ2) is 10.5. The highest BCUT2D eigenvalue weighted by Crippen LogP contribution is 2.40. The Morgan fingerprint density at radius 3 is 2.79 bits per heavy atom. The van der Waals surface area contributed by atoms with Gasteiger partial charge in [0, 0.05) is 54.8 Å². The molecule has 2 aromatic carbocycles. The van der Waals surface area contributed by atoms with E-state index in [-0.39, 0.29) is 11.9 Å². The summed E-state index contributed by atoms with van der Waals surface area (Å²) in [6.45, 7) is 5.66. The third kappa shape index (κ3) is 4.85. The number of nitrogens with two attached hydrogens (primary N) is 1. The van der Waals surface area contributed by atoms with Crippen LogP contribution in [0.5, 0.6) is 11.5 Å². The highest BCUT2D eigenvalue weighted by Gasteiger charge is 2.37. The van der Waals surface area contributed by atoms with Gasteiger partial charge in [0.05, 0.1) is 23.8 Å². The molecule has 3 N–H and O–H groups in total. The lowest BCUT2D eigenvalue weighted by Gasteiger charge is -2.41. The number of nitrogens with one attached hydrogen (secondary N) is 1. The molecule has 1 amide bonds. The zero-order valence-corrected chi connectivity index (χ0v) is 21.9. The number of piperazine rings is 1. The van der Waals surface area contributed by atoms with E-state index in [0.29, 0.717) is 11.7 Å². The lowest BCUT2D eigenvalue weighted by atomic mass is 10.0. The summed E-state index contributed by atoms with van der Waals surface area (Å²) in [6.07, 6.45) is 4.26. The van der Waals surface area contributed by atoms with E-state index < -0.39 is 0 Å². The standard InChI is InChI=1S/C28H29N7O2S/c1-18-25(37-20-5-3-2-4-6-20)8-7-22(26(18)35-14-13-34-12-10-21(29)24(34)16-35)32-27(36)23-17-38-28(33-23)19-9-11-30-31-15-19/h2-9,11,15,17,21,24H,10,12-14,16,29H2,1H3,(H,32,36)/t21-,24+/m0/s1. The fraction of sp³-hybridized carbons (Fsp3) is 0.286. The lowest BCUT2D eigenvalue weighted by Crippen LogP contribution is -2.55. The maximum atomic E-state index is 13.3. The Bertz CT molecular complexity index is 1430. The number of para-hydroxylation sites is 1. The Balaban J connectivity index is 1.31. The molecule has 194 valence electrons. The number of ether oxygens (including phenoxy) is 1. The van der Waals surface area contributed by atoms with Crippen LogP contribution in [0.3, 0.4) is 0 Å². The molecule has 2 aliphatic heterocycles. The molecule has 2 aromatic heterocycles. The van der Waals surface area contributed by atoms with Crippen LogP contribution in [0.2, 0.25) is 0 Å². The highest BCUT2D eigenvalue weighted by atomic mass is 32.1. The Hall–Kier alpha value is -3.86. The minimum absolute atomic E-state index is 0.149. The van der Waals surface area contributed by atoms with Gasteiger partial charge >= 0.3 is 0 Å². The molecular formula is C28H29N7O2S. The summed E-state index contributed by atoms with van der Waals surface area (Å²) < 4.78 is 6.25. The van der Waals surface area contributed by atoms with Gasteiger partial charge in [-0.1, -0.05) is 18.2 Å². The van der Waals surface area contributed by atoms with E-state index in [9.17, 15) is 4.79 Å². The quantitative estimate of drug-likeness (QED) is 0.385. The van der Waals surface area contributed by atoms with Gasteiger partial charge in [0.1, 0.15) is 22.2 Å². The van der Waals surface area contributed by atoms with Gasteiger partial charge in [0.2, 0.25) is 0 Å². The predicted molar refractivity (Wildman–Crippen MR) is 149 cm³/mol. The molecule has 2 saturated heterocycles. The van der Waals surface area contributed by atoms with Crippen LogP contribution in [0.25, 0.3) is 10.6 Å². The molecule has 0 bridgehead atoms. The number of fused-ring (bicyclic) bond motifs is 1. The zero-order chi connectivity index (χ0) is 26.1. The van der Waals surface area contributed by atoms with Crippen molar-refractivity contribution >= 4 is 28.6 Å². The number of benzene rings is 2. The van der Waals surface area contributed by atoms with Crippen LogP contribution < -0.4 is 20.7 Å². The molecule has 0 saturated carbocycles. The van der Waals surface area contributed by atoms with Crippen LogP contribution in [-0.4, -0.2) is 64.3 Å². The second-order valence-corrected chi connectivity index (χ2v) is 10.5. The van der Waals surface area contributed by atoms with E-state index in [1.165, 1.54) is 11.3 Å². The number of nitrogens with zero attached hydrogens (tertiary/aromatic N) is 5. The van der Waals surface area contributed by atoms with Crippen molar-refractivity contribution in [2.75, 3.05) is 36.4 Å². The largest absolute Gasteiger partial charge is 0.457 e. The Morgan fingerprint density at radius 2 is 1.97 bits per heavy atom. The third-order valence-electron chi connectivity index (χ3n) is 7.26. The van der Waals surface area contributed by atoms with Crippen molar-refractivity contribution in [3.63, 3.8) is 0 Å². The van der Waals surface area contributed by atoms with Gasteiger partial charge in [-0.15, -0.1) is 11.3 Å². The van der Waals surface area contributed by atoms with Crippen molar-refractivity contribution < 1.29 is 9.53 Å². The first-order valence-corrected chi connectivity index (χ1v) is 13.6. The molecule has 0 aliphatic carbocycles. The summed E-state index contributed by atoms with van der Waals surface area (Å²) in [5.41, 5.74) is 10.3. The van der Waals surface area contributed by atoms with Crippen molar-refractivity contribution in [3.8, 4) is 22.1 Å². The third-order valence-corrected chi connectivity index (χ3v) is 8.15. The summed E-state index contributed by atoms with van der Waals surface area (Å²) in [6, 6.07) is 15.8. The number of anilines is 2. The minimum atomic E-state index is -0.261. The van der Waals surface area contributed by atoms with Gasteiger partial charge in [-0.05, 0) is 43.7 Å². The van der Waals surface area contributed by atoms with Crippen LogP contribution in [0, 0.1) is 6.92 Å². The molecule has 2 fully saturated rings. The van der Waals surface area contributed by atoms with E-state index in [2.05, 4.69) is 30.3 Å². The molecule has 0 spiro atoms. The number of hydrogen-bond donors (Lipinski definition) is 2. The monoisotopic (exact) mass is 527 g/mol. The van der Waals surface area contributed by atoms with Crippen molar-refractivity contribution in [1.29, 1.82) is 0 Å². The molecular weight excluding hydrogens is 498 g/mol. The Kier molecular flexibility index (Phi) is 6.75. The number of thiazole rings is 1. The lowest BCUT2D eigenvalue weighted by molar-refractivity contribution is 0.102. The number of aromatic nitrogens is 3. The van der Waals surface area contributed by atoms with E-state index in [1.54, 1.807) is 17.8 Å². The van der Waals surface area contributed by atoms with Crippen molar-refractivity contribution in [2.45, 2.75) is 25.4 Å². The molecule has 38 heavy (non-hydrogen) atoms. The molecule has 6 rings (SSSR count). The van der Waals surface area contributed by atoms with E-state index in [0.717, 1.165) is 71.6 Å². The van der Waals surface area contributed by atoms with Gasteiger partial charge in [-0.2, -0.15) is 10.2 Å². The first-order chi connectivity index (χ1) is 18.6. The maximum Gasteiger partial charge on any atom is 0.275 e. The molecule has 10 heteroatoms. The van der Waals surface area contributed by atoms with Crippen LogP contribution in [-0.2, 0) is 0 Å². The molecule has 0 radical (unpaired) electrons. The summed E-state index contributed by atoms with van der Waals surface area (Å²) in [5, 5.41) is 13.3. The fourth-order valence-corrected chi connectivity index (χ4v) is 6.06. The average molecular weight is 528 g/mol. The van der Waals surface area contributed by atoms with Crippen LogP contribution >= 0.6 is 11.3 Å². The molecule has 0 unspecified atom stereocenters. The van der Waals surface area contributed by atoms with Gasteiger partial charge < -0.3 is 20.7 Å². The van der Waals surface area contributed by atoms with Crippen molar-refractivity contribution in [2.24, 2.45) is 5.73 Å². The van der Waals surface area contributed by atoms with Gasteiger partial charge in [0.15, 0.2) is 0 Å². The molecule has 2 atom stereocenters.